The molecule has 2 aliphatic carbocycles. The van der Waals surface area contributed by atoms with Crippen molar-refractivity contribution in [1.29, 1.82) is 0 Å². The van der Waals surface area contributed by atoms with Crippen molar-refractivity contribution in [2.45, 2.75) is 31.7 Å². The van der Waals surface area contributed by atoms with Crippen molar-refractivity contribution in [2.75, 3.05) is 11.1 Å². The summed E-state index contributed by atoms with van der Waals surface area (Å²) in [4.78, 5) is 27.8. The van der Waals surface area contributed by atoms with Crippen molar-refractivity contribution < 1.29 is 9.72 Å². The Morgan fingerprint density at radius 2 is 2.12 bits per heavy atom. The normalized spacial score (nSPS) is 24.4. The standard InChI is InChI=1S/C17H18N4O3S/c18-16-15(14(22)11-3-1-2-4-13(11)21(23)24)25-17(20-16)19-12-8-9-5-6-10(12)7-9/h1-4,9-10,12H,5-8,18H2,(H,19,20). The zero-order valence-electron chi connectivity index (χ0n) is 13.5. The van der Waals surface area contributed by atoms with Crippen molar-refractivity contribution in [3.8, 4) is 0 Å². The number of hydrogen-bond acceptors (Lipinski definition) is 7. The summed E-state index contributed by atoms with van der Waals surface area (Å²) in [5.74, 6) is 1.14. The number of nitrogens with two attached hydrogens (primary N) is 1. The fourth-order valence-corrected chi connectivity index (χ4v) is 4.98. The molecule has 0 aliphatic heterocycles. The molecule has 8 heteroatoms. The third kappa shape index (κ3) is 2.86. The topological polar surface area (TPSA) is 111 Å². The van der Waals surface area contributed by atoms with Gasteiger partial charge in [0.1, 0.15) is 16.3 Å². The number of nitrogens with one attached hydrogen (secondary N) is 1. The lowest BCUT2D eigenvalue weighted by Crippen LogP contribution is -2.25. The summed E-state index contributed by atoms with van der Waals surface area (Å²) < 4.78 is 0. The molecule has 2 fully saturated rings. The van der Waals surface area contributed by atoms with Gasteiger partial charge in [0.05, 0.1) is 4.92 Å². The zero-order chi connectivity index (χ0) is 17.6. The number of nitro groups is 1. The number of rotatable bonds is 5. The maximum Gasteiger partial charge on any atom is 0.280 e. The average molecular weight is 358 g/mol. The first-order valence-electron chi connectivity index (χ1n) is 8.34. The molecule has 0 spiro atoms. The van der Waals surface area contributed by atoms with E-state index in [2.05, 4.69) is 10.3 Å². The van der Waals surface area contributed by atoms with Crippen LogP contribution in [0.25, 0.3) is 0 Å². The summed E-state index contributed by atoms with van der Waals surface area (Å²) in [6.45, 7) is 0. The highest BCUT2D eigenvalue weighted by Crippen LogP contribution is 2.46. The molecule has 25 heavy (non-hydrogen) atoms. The highest BCUT2D eigenvalue weighted by Gasteiger charge is 2.40. The predicted octanol–water partition coefficient (Wildman–Crippen LogP) is 3.47. The molecule has 1 heterocycles. The van der Waals surface area contributed by atoms with Crippen LogP contribution in [0, 0.1) is 22.0 Å². The molecule has 0 saturated heterocycles. The van der Waals surface area contributed by atoms with E-state index in [-0.39, 0.29) is 21.9 Å². The predicted molar refractivity (Wildman–Crippen MR) is 95.9 cm³/mol. The first-order valence-corrected chi connectivity index (χ1v) is 9.15. The number of carbonyl (C=O) groups is 1. The van der Waals surface area contributed by atoms with Crippen molar-refractivity contribution in [3.63, 3.8) is 0 Å². The molecule has 2 saturated carbocycles. The first-order chi connectivity index (χ1) is 12.0. The first kappa shape index (κ1) is 16.0. The summed E-state index contributed by atoms with van der Waals surface area (Å²) in [6.07, 6.45) is 4.95. The van der Waals surface area contributed by atoms with Crippen LogP contribution in [0.2, 0.25) is 0 Å². The van der Waals surface area contributed by atoms with Crippen LogP contribution in [0.4, 0.5) is 16.6 Å². The van der Waals surface area contributed by atoms with Crippen LogP contribution < -0.4 is 11.1 Å². The molecule has 7 nitrogen and oxygen atoms in total. The van der Waals surface area contributed by atoms with E-state index in [4.69, 9.17) is 5.73 Å². The third-order valence-electron chi connectivity index (χ3n) is 5.25. The van der Waals surface area contributed by atoms with Gasteiger partial charge in [-0.2, -0.15) is 0 Å². The lowest BCUT2D eigenvalue weighted by Gasteiger charge is -2.22. The molecular formula is C17H18N4O3S. The van der Waals surface area contributed by atoms with Crippen LogP contribution in [-0.4, -0.2) is 21.7 Å². The number of benzene rings is 1. The molecule has 3 atom stereocenters. The molecule has 0 amide bonds. The van der Waals surface area contributed by atoms with E-state index in [1.165, 1.54) is 48.8 Å². The number of nitrogens with zero attached hydrogens (tertiary/aromatic N) is 2. The largest absolute Gasteiger partial charge is 0.382 e. The Morgan fingerprint density at radius 1 is 1.32 bits per heavy atom. The van der Waals surface area contributed by atoms with Gasteiger partial charge in [-0.1, -0.05) is 29.9 Å². The van der Waals surface area contributed by atoms with Gasteiger partial charge in [0.25, 0.3) is 5.69 Å². The van der Waals surface area contributed by atoms with Gasteiger partial charge in [0.15, 0.2) is 5.13 Å². The highest BCUT2D eigenvalue weighted by atomic mass is 32.1. The van der Waals surface area contributed by atoms with Crippen LogP contribution in [0.5, 0.6) is 0 Å². The second kappa shape index (κ2) is 6.11. The maximum atomic E-state index is 12.7. The van der Waals surface area contributed by atoms with Crippen molar-refractivity contribution in [1.82, 2.24) is 4.98 Å². The summed E-state index contributed by atoms with van der Waals surface area (Å²) in [7, 11) is 0. The Balaban J connectivity index is 1.58. The van der Waals surface area contributed by atoms with Gasteiger partial charge in [-0.3, -0.25) is 14.9 Å². The highest BCUT2D eigenvalue weighted by molar-refractivity contribution is 7.18. The van der Waals surface area contributed by atoms with Gasteiger partial charge in [-0.25, -0.2) is 4.98 Å². The number of anilines is 2. The molecular weight excluding hydrogens is 340 g/mol. The van der Waals surface area contributed by atoms with Gasteiger partial charge >= 0.3 is 0 Å². The zero-order valence-corrected chi connectivity index (χ0v) is 14.3. The second-order valence-electron chi connectivity index (χ2n) is 6.76. The number of nitrogen functional groups attached to an aromatic ring is 1. The van der Waals surface area contributed by atoms with Crippen molar-refractivity contribution in [2.24, 2.45) is 11.8 Å². The van der Waals surface area contributed by atoms with Crippen LogP contribution in [0.15, 0.2) is 24.3 Å². The number of para-hydroxylation sites is 1. The third-order valence-corrected chi connectivity index (χ3v) is 6.25. The summed E-state index contributed by atoms with van der Waals surface area (Å²) in [6, 6.07) is 6.29. The van der Waals surface area contributed by atoms with Crippen LogP contribution >= 0.6 is 11.3 Å². The monoisotopic (exact) mass is 358 g/mol. The Labute approximate surface area is 148 Å². The van der Waals surface area contributed by atoms with Crippen molar-refractivity contribution >= 4 is 33.8 Å². The number of carbonyl (C=O) groups excluding carboxylic acids is 1. The summed E-state index contributed by atoms with van der Waals surface area (Å²) in [5, 5.41) is 15.2. The summed E-state index contributed by atoms with van der Waals surface area (Å²) in [5.41, 5.74) is 5.74. The van der Waals surface area contributed by atoms with Gasteiger partial charge in [0.2, 0.25) is 5.78 Å². The Bertz CT molecular complexity index is 850. The number of aromatic nitrogens is 1. The molecule has 130 valence electrons. The van der Waals surface area contributed by atoms with Gasteiger partial charge < -0.3 is 11.1 Å². The molecule has 1 aromatic heterocycles. The van der Waals surface area contributed by atoms with E-state index < -0.39 is 10.7 Å². The van der Waals surface area contributed by atoms with Gasteiger partial charge in [-0.15, -0.1) is 0 Å². The Hall–Kier alpha value is -2.48. The van der Waals surface area contributed by atoms with E-state index in [0.29, 0.717) is 17.1 Å². The van der Waals surface area contributed by atoms with Gasteiger partial charge in [-0.05, 0) is 37.2 Å². The number of nitro benzene ring substituents is 1. The quantitative estimate of drug-likeness (QED) is 0.481. The lowest BCUT2D eigenvalue weighted by molar-refractivity contribution is -0.385. The molecule has 4 rings (SSSR count). The number of fused-ring (bicyclic) bond motifs is 2. The molecule has 0 radical (unpaired) electrons. The van der Waals surface area contributed by atoms with E-state index >= 15 is 0 Å². The fraction of sp³-hybridized carbons (Fsp3) is 0.412. The summed E-state index contributed by atoms with van der Waals surface area (Å²) >= 11 is 1.18. The molecule has 1 aromatic carbocycles. The van der Waals surface area contributed by atoms with E-state index in [9.17, 15) is 14.9 Å². The molecule has 3 N–H and O–H groups in total. The fourth-order valence-electron chi connectivity index (χ4n) is 4.08. The SMILES string of the molecule is Nc1nc(NC2CC3CCC2C3)sc1C(=O)c1ccccc1[N+](=O)[O-]. The minimum Gasteiger partial charge on any atom is -0.382 e. The van der Waals surface area contributed by atoms with Crippen LogP contribution in [0.3, 0.4) is 0 Å². The van der Waals surface area contributed by atoms with E-state index in [0.717, 1.165) is 12.3 Å². The Morgan fingerprint density at radius 3 is 2.80 bits per heavy atom. The minimum absolute atomic E-state index is 0.0364. The minimum atomic E-state index is -0.557. The molecule has 2 bridgehead atoms. The second-order valence-corrected chi connectivity index (χ2v) is 7.76. The number of hydrogen-bond donors (Lipinski definition) is 2. The number of thiazole rings is 1. The van der Waals surface area contributed by atoms with Crippen LogP contribution in [-0.2, 0) is 0 Å². The molecule has 2 aromatic rings. The number of ketones is 1. The van der Waals surface area contributed by atoms with Crippen LogP contribution in [0.1, 0.15) is 40.9 Å². The smallest absolute Gasteiger partial charge is 0.280 e. The van der Waals surface area contributed by atoms with Crippen molar-refractivity contribution in [3.05, 3.63) is 44.8 Å². The molecule has 3 unspecified atom stereocenters. The lowest BCUT2D eigenvalue weighted by atomic mass is 9.96. The van der Waals surface area contributed by atoms with Gasteiger partial charge in [0, 0.05) is 12.1 Å². The Kier molecular flexibility index (Phi) is 3.91. The van der Waals surface area contributed by atoms with E-state index in [1.807, 2.05) is 0 Å². The maximum absolute atomic E-state index is 12.7. The average Bonchev–Trinajstić information content (AvgIpc) is 3.30. The van der Waals surface area contributed by atoms with E-state index in [1.54, 1.807) is 6.07 Å². The molecule has 2 aliphatic rings.